The number of aromatic nitrogens is 1. The number of likely N-dealkylation sites (N-methyl/N-ethyl adjacent to an activating group) is 1. The third-order valence-corrected chi connectivity index (χ3v) is 5.06. The van der Waals surface area contributed by atoms with Gasteiger partial charge in [-0.1, -0.05) is 26.0 Å². The van der Waals surface area contributed by atoms with Gasteiger partial charge in [-0.2, -0.15) is 0 Å². The van der Waals surface area contributed by atoms with Crippen LogP contribution >= 0.6 is 11.3 Å². The van der Waals surface area contributed by atoms with Crippen LogP contribution in [0.1, 0.15) is 37.8 Å². The largest absolute Gasteiger partial charge is 0.383 e. The molecule has 1 heterocycles. The zero-order valence-corrected chi connectivity index (χ0v) is 13.9. The zero-order chi connectivity index (χ0) is 16.3. The normalized spacial score (nSPS) is 14.3. The number of aliphatic hydroxyl groups excluding tert-OH is 2. The number of amides is 1. The second kappa shape index (κ2) is 7.17. The Labute approximate surface area is 134 Å². The SMILES string of the molecule is CCC(CC)N(C)C(=O)[C@H](O)[C@H](O)c1nc2ccccc2s1. The average Bonchev–Trinajstić information content (AvgIpc) is 2.97. The molecule has 22 heavy (non-hydrogen) atoms. The summed E-state index contributed by atoms with van der Waals surface area (Å²) in [7, 11) is 1.66. The maximum Gasteiger partial charge on any atom is 0.254 e. The summed E-state index contributed by atoms with van der Waals surface area (Å²) in [4.78, 5) is 18.1. The highest BCUT2D eigenvalue weighted by Gasteiger charge is 2.32. The second-order valence-corrected chi connectivity index (χ2v) is 6.39. The van der Waals surface area contributed by atoms with Crippen LogP contribution in [0.2, 0.25) is 0 Å². The van der Waals surface area contributed by atoms with Crippen LogP contribution in [0, 0.1) is 0 Å². The van der Waals surface area contributed by atoms with E-state index in [0.29, 0.717) is 5.01 Å². The molecular weight excluding hydrogens is 300 g/mol. The van der Waals surface area contributed by atoms with Gasteiger partial charge in [0, 0.05) is 13.1 Å². The van der Waals surface area contributed by atoms with Gasteiger partial charge in [-0.05, 0) is 25.0 Å². The minimum Gasteiger partial charge on any atom is -0.383 e. The van der Waals surface area contributed by atoms with Crippen molar-refractivity contribution in [2.45, 2.75) is 44.9 Å². The molecule has 1 aromatic heterocycles. The molecule has 2 rings (SSSR count). The molecule has 120 valence electrons. The summed E-state index contributed by atoms with van der Waals surface area (Å²) in [6.45, 7) is 3.99. The van der Waals surface area contributed by atoms with Gasteiger partial charge in [0.25, 0.3) is 5.91 Å². The van der Waals surface area contributed by atoms with Gasteiger partial charge in [0.05, 0.1) is 10.2 Å². The number of carbonyl (C=O) groups is 1. The van der Waals surface area contributed by atoms with Crippen molar-refractivity contribution in [2.75, 3.05) is 7.05 Å². The first-order valence-electron chi connectivity index (χ1n) is 7.47. The number of fused-ring (bicyclic) bond motifs is 1. The van der Waals surface area contributed by atoms with Gasteiger partial charge in [0.15, 0.2) is 6.10 Å². The number of para-hydroxylation sites is 1. The quantitative estimate of drug-likeness (QED) is 0.856. The Morgan fingerprint density at radius 3 is 2.50 bits per heavy atom. The molecule has 0 saturated heterocycles. The first-order valence-corrected chi connectivity index (χ1v) is 8.29. The number of aliphatic hydroxyl groups is 2. The van der Waals surface area contributed by atoms with E-state index in [4.69, 9.17) is 0 Å². The van der Waals surface area contributed by atoms with Crippen molar-refractivity contribution in [1.29, 1.82) is 0 Å². The van der Waals surface area contributed by atoms with Crippen molar-refractivity contribution in [3.63, 3.8) is 0 Å². The van der Waals surface area contributed by atoms with Crippen LogP contribution in [0.3, 0.4) is 0 Å². The van der Waals surface area contributed by atoms with E-state index in [-0.39, 0.29) is 6.04 Å². The molecule has 0 unspecified atom stereocenters. The van der Waals surface area contributed by atoms with Gasteiger partial charge >= 0.3 is 0 Å². The first kappa shape index (κ1) is 16.9. The van der Waals surface area contributed by atoms with Crippen molar-refractivity contribution in [2.24, 2.45) is 0 Å². The van der Waals surface area contributed by atoms with E-state index < -0.39 is 18.1 Å². The summed E-state index contributed by atoms with van der Waals surface area (Å²) < 4.78 is 0.921. The molecule has 2 atom stereocenters. The van der Waals surface area contributed by atoms with Crippen LogP contribution in [-0.2, 0) is 4.79 Å². The molecular formula is C16H22N2O3S. The van der Waals surface area contributed by atoms with Crippen molar-refractivity contribution in [3.8, 4) is 0 Å². The lowest BCUT2D eigenvalue weighted by atomic mass is 10.1. The van der Waals surface area contributed by atoms with E-state index in [2.05, 4.69) is 4.98 Å². The molecule has 0 aliphatic carbocycles. The van der Waals surface area contributed by atoms with Gasteiger partial charge in [0.2, 0.25) is 0 Å². The zero-order valence-electron chi connectivity index (χ0n) is 13.1. The Hall–Kier alpha value is -1.50. The number of nitrogens with zero attached hydrogens (tertiary/aromatic N) is 2. The van der Waals surface area contributed by atoms with E-state index in [1.165, 1.54) is 16.2 Å². The lowest BCUT2D eigenvalue weighted by Gasteiger charge is -2.29. The van der Waals surface area contributed by atoms with Crippen LogP contribution in [0.15, 0.2) is 24.3 Å². The summed E-state index contributed by atoms with van der Waals surface area (Å²) in [6.07, 6.45) is -1.18. The van der Waals surface area contributed by atoms with Gasteiger partial charge in [-0.25, -0.2) is 4.98 Å². The third-order valence-electron chi connectivity index (χ3n) is 3.95. The van der Waals surface area contributed by atoms with Crippen LogP contribution in [-0.4, -0.2) is 45.2 Å². The standard InChI is InChI=1S/C16H22N2O3S/c1-4-10(5-2)18(3)16(21)14(20)13(19)15-17-11-8-6-7-9-12(11)22-15/h6-10,13-14,19-20H,4-5H2,1-3H3/t13-,14+/m0/s1. The molecule has 0 aliphatic rings. The van der Waals surface area contributed by atoms with Crippen LogP contribution < -0.4 is 0 Å². The molecule has 5 nitrogen and oxygen atoms in total. The molecule has 0 bridgehead atoms. The topological polar surface area (TPSA) is 73.7 Å². The maximum atomic E-state index is 12.3. The summed E-state index contributed by atoms with van der Waals surface area (Å²) in [6, 6.07) is 7.55. The molecule has 0 saturated carbocycles. The fraction of sp³-hybridized carbons (Fsp3) is 0.500. The number of thiazole rings is 1. The van der Waals surface area contributed by atoms with Crippen molar-refractivity contribution < 1.29 is 15.0 Å². The highest BCUT2D eigenvalue weighted by atomic mass is 32.1. The lowest BCUT2D eigenvalue weighted by Crippen LogP contribution is -2.44. The maximum absolute atomic E-state index is 12.3. The monoisotopic (exact) mass is 322 g/mol. The molecule has 1 aromatic carbocycles. The minimum absolute atomic E-state index is 0.0599. The van der Waals surface area contributed by atoms with Gasteiger partial charge in [-0.15, -0.1) is 11.3 Å². The second-order valence-electron chi connectivity index (χ2n) is 5.33. The number of hydrogen-bond donors (Lipinski definition) is 2. The summed E-state index contributed by atoms with van der Waals surface area (Å²) >= 11 is 1.29. The van der Waals surface area contributed by atoms with E-state index in [0.717, 1.165) is 23.1 Å². The molecule has 1 amide bonds. The molecule has 2 aromatic rings. The Morgan fingerprint density at radius 1 is 1.27 bits per heavy atom. The molecule has 0 spiro atoms. The van der Waals surface area contributed by atoms with Gasteiger partial charge in [-0.3, -0.25) is 4.79 Å². The van der Waals surface area contributed by atoms with Crippen LogP contribution in [0.5, 0.6) is 0 Å². The highest BCUT2D eigenvalue weighted by molar-refractivity contribution is 7.18. The number of carbonyl (C=O) groups excluding carboxylic acids is 1. The number of benzene rings is 1. The van der Waals surface area contributed by atoms with Crippen LogP contribution in [0.4, 0.5) is 0 Å². The van der Waals surface area contributed by atoms with Crippen molar-refractivity contribution >= 4 is 27.5 Å². The van der Waals surface area contributed by atoms with E-state index in [9.17, 15) is 15.0 Å². The highest BCUT2D eigenvalue weighted by Crippen LogP contribution is 2.28. The third kappa shape index (κ3) is 3.29. The first-order chi connectivity index (χ1) is 10.5. The van der Waals surface area contributed by atoms with Gasteiger partial charge < -0.3 is 15.1 Å². The van der Waals surface area contributed by atoms with E-state index >= 15 is 0 Å². The molecule has 0 fully saturated rings. The predicted octanol–water partition coefficient (Wildman–Crippen LogP) is 2.34. The molecule has 6 heteroatoms. The Bertz CT molecular complexity index is 606. The minimum atomic E-state index is -1.49. The Balaban J connectivity index is 2.17. The smallest absolute Gasteiger partial charge is 0.254 e. The Kier molecular flexibility index (Phi) is 5.50. The van der Waals surface area contributed by atoms with Gasteiger partial charge in [0.1, 0.15) is 11.1 Å². The fourth-order valence-corrected chi connectivity index (χ4v) is 3.50. The molecule has 0 radical (unpaired) electrons. The summed E-state index contributed by atoms with van der Waals surface area (Å²) in [5.41, 5.74) is 0.759. The summed E-state index contributed by atoms with van der Waals surface area (Å²) in [5.74, 6) is -0.472. The molecule has 0 aliphatic heterocycles. The lowest BCUT2D eigenvalue weighted by molar-refractivity contribution is -0.147. The predicted molar refractivity (Wildman–Crippen MR) is 87.7 cm³/mol. The van der Waals surface area contributed by atoms with Crippen LogP contribution in [0.25, 0.3) is 10.2 Å². The van der Waals surface area contributed by atoms with Crippen molar-refractivity contribution in [3.05, 3.63) is 29.3 Å². The average molecular weight is 322 g/mol. The number of rotatable bonds is 6. The Morgan fingerprint density at radius 2 is 1.91 bits per heavy atom. The molecule has 2 N–H and O–H groups in total. The van der Waals surface area contributed by atoms with E-state index in [1.54, 1.807) is 7.05 Å². The number of hydrogen-bond acceptors (Lipinski definition) is 5. The fourth-order valence-electron chi connectivity index (χ4n) is 2.51. The van der Waals surface area contributed by atoms with Crippen molar-refractivity contribution in [1.82, 2.24) is 9.88 Å². The van der Waals surface area contributed by atoms with E-state index in [1.807, 2.05) is 38.1 Å². The summed E-state index contributed by atoms with van der Waals surface area (Å²) in [5, 5.41) is 20.8.